The molecule has 0 bridgehead atoms. The van der Waals surface area contributed by atoms with Gasteiger partial charge in [-0.3, -0.25) is 4.79 Å². The Bertz CT molecular complexity index is 1220. The van der Waals surface area contributed by atoms with Crippen molar-refractivity contribution in [3.05, 3.63) is 12.2 Å². The summed E-state index contributed by atoms with van der Waals surface area (Å²) in [5.74, 6) is -0.167. The Morgan fingerprint density at radius 3 is 1.01 bits per heavy atom. The molecular formula is C68H133NO8. The maximum atomic E-state index is 13.1. The number of allylic oxidation sites excluding steroid dienone is 1. The number of unbranched alkanes of at least 4 members (excludes halogenated alkanes) is 51. The molecule has 0 aromatic rings. The van der Waals surface area contributed by atoms with Crippen LogP contribution in [-0.4, -0.2) is 87.5 Å². The quantitative estimate of drug-likeness (QED) is 0.0261. The molecule has 1 heterocycles. The average molecular weight is 1090 g/mol. The van der Waals surface area contributed by atoms with Gasteiger partial charge in [0, 0.05) is 6.42 Å². The zero-order valence-corrected chi connectivity index (χ0v) is 51.3. The molecule has 0 aromatic carbocycles. The number of nitrogens with one attached hydrogen (secondary N) is 1. The van der Waals surface area contributed by atoms with Gasteiger partial charge in [-0.15, -0.1) is 0 Å². The second-order valence-electron chi connectivity index (χ2n) is 24.3. The zero-order valence-electron chi connectivity index (χ0n) is 51.3. The van der Waals surface area contributed by atoms with Gasteiger partial charge in [-0.05, 0) is 19.3 Å². The van der Waals surface area contributed by atoms with Gasteiger partial charge >= 0.3 is 0 Å². The van der Waals surface area contributed by atoms with Gasteiger partial charge in [0.15, 0.2) is 6.29 Å². The fraction of sp³-hybridized carbons (Fsp3) is 0.956. The number of carbonyl (C=O) groups is 1. The van der Waals surface area contributed by atoms with Gasteiger partial charge in [-0.25, -0.2) is 0 Å². The minimum absolute atomic E-state index is 0.167. The second kappa shape index (κ2) is 58.1. The minimum Gasteiger partial charge on any atom is -0.394 e. The van der Waals surface area contributed by atoms with Crippen LogP contribution >= 0.6 is 0 Å². The van der Waals surface area contributed by atoms with Crippen LogP contribution in [0.3, 0.4) is 0 Å². The molecule has 1 aliphatic heterocycles. The molecule has 1 aliphatic rings. The number of ether oxygens (including phenoxy) is 2. The van der Waals surface area contributed by atoms with Crippen molar-refractivity contribution in [2.24, 2.45) is 0 Å². The Hall–Kier alpha value is -1.07. The topological polar surface area (TPSA) is 149 Å². The molecule has 1 amide bonds. The summed E-state index contributed by atoms with van der Waals surface area (Å²) in [6.45, 7) is 3.84. The number of hydrogen-bond donors (Lipinski definition) is 6. The van der Waals surface area contributed by atoms with Crippen molar-refractivity contribution in [3.63, 3.8) is 0 Å². The summed E-state index contributed by atoms with van der Waals surface area (Å²) >= 11 is 0. The number of rotatable bonds is 61. The van der Waals surface area contributed by atoms with E-state index < -0.39 is 49.5 Å². The fourth-order valence-electron chi connectivity index (χ4n) is 11.5. The lowest BCUT2D eigenvalue weighted by atomic mass is 9.99. The third-order valence-corrected chi connectivity index (χ3v) is 16.9. The van der Waals surface area contributed by atoms with Crippen LogP contribution in [-0.2, 0) is 14.3 Å². The SMILES string of the molecule is CCCCCCCCCCCCCCCCCCCC/C=C/C(O)C(COC1OC(CO)C(O)C(O)C1O)NC(=O)CCCCCCCCCCCCCCCCCCCCCCCCCCCCCCCCCCCC. The third-order valence-electron chi connectivity index (χ3n) is 16.9. The standard InChI is InChI=1S/C68H133NO8/c1-3-5-7-9-11-13-15-17-19-21-23-25-26-27-28-29-30-31-32-33-34-35-36-37-38-40-42-44-46-48-50-52-54-56-58-64(72)69-61(60-76-68-67(75)66(74)65(73)63(59-70)77-68)62(71)57-55-53-51-49-47-45-43-41-39-24-22-20-18-16-14-12-10-8-6-4-2/h55,57,61-63,65-68,70-71,73-75H,3-54,56,58-60H2,1-2H3,(H,69,72)/b57-55+. The van der Waals surface area contributed by atoms with Crippen molar-refractivity contribution in [2.45, 2.75) is 403 Å². The predicted octanol–water partition coefficient (Wildman–Crippen LogP) is 18.3. The Morgan fingerprint density at radius 1 is 0.429 bits per heavy atom. The monoisotopic (exact) mass is 1090 g/mol. The van der Waals surface area contributed by atoms with Gasteiger partial charge in [0.2, 0.25) is 5.91 Å². The number of aliphatic hydroxyl groups excluding tert-OH is 5. The van der Waals surface area contributed by atoms with Gasteiger partial charge < -0.3 is 40.3 Å². The van der Waals surface area contributed by atoms with Crippen LogP contribution in [0.1, 0.15) is 361 Å². The lowest BCUT2D eigenvalue weighted by Gasteiger charge is -2.40. The summed E-state index contributed by atoms with van der Waals surface area (Å²) < 4.78 is 11.3. The summed E-state index contributed by atoms with van der Waals surface area (Å²) in [5.41, 5.74) is 0. The highest BCUT2D eigenvalue weighted by Gasteiger charge is 2.44. The van der Waals surface area contributed by atoms with Crippen LogP contribution in [0.25, 0.3) is 0 Å². The van der Waals surface area contributed by atoms with Gasteiger partial charge in [-0.2, -0.15) is 0 Å². The molecule has 9 heteroatoms. The molecule has 458 valence electrons. The molecule has 9 nitrogen and oxygen atoms in total. The van der Waals surface area contributed by atoms with Crippen LogP contribution in [0.4, 0.5) is 0 Å². The first-order chi connectivity index (χ1) is 37.8. The highest BCUT2D eigenvalue weighted by molar-refractivity contribution is 5.76. The Morgan fingerprint density at radius 2 is 0.714 bits per heavy atom. The van der Waals surface area contributed by atoms with Gasteiger partial charge in [-0.1, -0.05) is 347 Å². The van der Waals surface area contributed by atoms with E-state index in [4.69, 9.17) is 9.47 Å². The normalized spacial score (nSPS) is 18.7. The van der Waals surface area contributed by atoms with E-state index in [-0.39, 0.29) is 12.5 Å². The number of hydrogen-bond acceptors (Lipinski definition) is 8. The molecule has 6 N–H and O–H groups in total. The Balaban J connectivity index is 2.08. The van der Waals surface area contributed by atoms with E-state index in [1.807, 2.05) is 6.08 Å². The Labute approximate surface area is 477 Å². The number of amides is 1. The van der Waals surface area contributed by atoms with Crippen LogP contribution in [0.5, 0.6) is 0 Å². The van der Waals surface area contributed by atoms with Gasteiger partial charge in [0.05, 0.1) is 25.4 Å². The molecule has 0 spiro atoms. The lowest BCUT2D eigenvalue weighted by Crippen LogP contribution is -2.60. The summed E-state index contributed by atoms with van der Waals surface area (Å²) in [7, 11) is 0. The highest BCUT2D eigenvalue weighted by Crippen LogP contribution is 2.24. The zero-order chi connectivity index (χ0) is 55.8. The van der Waals surface area contributed by atoms with Crippen LogP contribution in [0, 0.1) is 0 Å². The van der Waals surface area contributed by atoms with Crippen molar-refractivity contribution in [3.8, 4) is 0 Å². The largest absolute Gasteiger partial charge is 0.394 e. The molecule has 0 radical (unpaired) electrons. The third kappa shape index (κ3) is 47.2. The summed E-state index contributed by atoms with van der Waals surface area (Å²) in [6, 6.07) is -0.801. The lowest BCUT2D eigenvalue weighted by molar-refractivity contribution is -0.302. The first-order valence-electron chi connectivity index (χ1n) is 34.4. The van der Waals surface area contributed by atoms with Crippen LogP contribution in [0.15, 0.2) is 12.2 Å². The maximum absolute atomic E-state index is 13.1. The maximum Gasteiger partial charge on any atom is 0.220 e. The smallest absolute Gasteiger partial charge is 0.220 e. The van der Waals surface area contributed by atoms with E-state index in [9.17, 15) is 30.3 Å². The molecule has 1 saturated heterocycles. The van der Waals surface area contributed by atoms with E-state index in [1.165, 1.54) is 302 Å². The molecule has 1 rings (SSSR count). The molecule has 1 fully saturated rings. The fourth-order valence-corrected chi connectivity index (χ4v) is 11.5. The van der Waals surface area contributed by atoms with Crippen molar-refractivity contribution in [1.29, 1.82) is 0 Å². The van der Waals surface area contributed by atoms with Gasteiger partial charge in [0.1, 0.15) is 24.4 Å². The van der Waals surface area contributed by atoms with E-state index >= 15 is 0 Å². The molecular weight excluding hydrogens is 959 g/mol. The number of carbonyl (C=O) groups excluding carboxylic acids is 1. The second-order valence-corrected chi connectivity index (χ2v) is 24.3. The molecule has 7 unspecified atom stereocenters. The first kappa shape index (κ1) is 73.9. The van der Waals surface area contributed by atoms with Crippen LogP contribution in [0.2, 0.25) is 0 Å². The summed E-state index contributed by atoms with van der Waals surface area (Å²) in [6.07, 6.45) is 67.5. The van der Waals surface area contributed by atoms with Crippen molar-refractivity contribution in [2.75, 3.05) is 13.2 Å². The number of aliphatic hydroxyl groups is 5. The summed E-state index contributed by atoms with van der Waals surface area (Å²) in [4.78, 5) is 13.1. The molecule has 77 heavy (non-hydrogen) atoms. The van der Waals surface area contributed by atoms with Crippen molar-refractivity contribution >= 4 is 5.91 Å². The molecule has 7 atom stereocenters. The van der Waals surface area contributed by atoms with E-state index in [0.717, 1.165) is 38.5 Å². The summed E-state index contributed by atoms with van der Waals surface area (Å²) in [5, 5.41) is 54.7. The Kier molecular flexibility index (Phi) is 55.8. The molecule has 0 aliphatic carbocycles. The minimum atomic E-state index is -1.56. The predicted molar refractivity (Wildman–Crippen MR) is 327 cm³/mol. The highest BCUT2D eigenvalue weighted by atomic mass is 16.7. The molecule has 0 saturated carbocycles. The average Bonchev–Trinajstić information content (AvgIpc) is 3.43. The van der Waals surface area contributed by atoms with E-state index in [1.54, 1.807) is 6.08 Å². The first-order valence-corrected chi connectivity index (χ1v) is 34.4. The van der Waals surface area contributed by atoms with Gasteiger partial charge in [0.25, 0.3) is 0 Å². The van der Waals surface area contributed by atoms with Crippen molar-refractivity contribution in [1.82, 2.24) is 5.32 Å². The van der Waals surface area contributed by atoms with Crippen LogP contribution < -0.4 is 5.32 Å². The van der Waals surface area contributed by atoms with E-state index in [2.05, 4.69) is 19.2 Å². The van der Waals surface area contributed by atoms with Crippen molar-refractivity contribution < 1.29 is 39.8 Å². The van der Waals surface area contributed by atoms with E-state index in [0.29, 0.717) is 6.42 Å². The molecule has 0 aromatic heterocycles.